The fraction of sp³-hybridized carbons (Fsp3) is 0.500. The lowest BCUT2D eigenvalue weighted by Gasteiger charge is -2.31. The van der Waals surface area contributed by atoms with Crippen molar-refractivity contribution in [1.29, 1.82) is 0 Å². The summed E-state index contributed by atoms with van der Waals surface area (Å²) in [5.74, 6) is -1.49. The van der Waals surface area contributed by atoms with Gasteiger partial charge < -0.3 is 19.6 Å². The molecule has 1 N–H and O–H groups in total. The van der Waals surface area contributed by atoms with Gasteiger partial charge in [-0.2, -0.15) is 0 Å². The van der Waals surface area contributed by atoms with E-state index in [0.717, 1.165) is 0 Å². The normalized spacial score (nSPS) is 21.7. The number of fused-ring (bicyclic) bond motifs is 1. The Morgan fingerprint density at radius 1 is 1.25 bits per heavy atom. The highest BCUT2D eigenvalue weighted by Gasteiger charge is 2.30. The van der Waals surface area contributed by atoms with E-state index in [9.17, 15) is 19.2 Å². The number of hydrogen-bond acceptors (Lipinski definition) is 5. The lowest BCUT2D eigenvalue weighted by Crippen LogP contribution is -2.42. The van der Waals surface area contributed by atoms with Gasteiger partial charge in [-0.25, -0.2) is 0 Å². The Hall–Kier alpha value is -2.90. The summed E-state index contributed by atoms with van der Waals surface area (Å²) in [6.45, 7) is 2.39. The van der Waals surface area contributed by atoms with Gasteiger partial charge >= 0.3 is 5.97 Å². The maximum absolute atomic E-state index is 12.5. The van der Waals surface area contributed by atoms with Gasteiger partial charge in [0.15, 0.2) is 11.9 Å². The third-order valence-electron chi connectivity index (χ3n) is 5.31. The van der Waals surface area contributed by atoms with Crippen molar-refractivity contribution >= 4 is 29.3 Å². The number of likely N-dealkylation sites (tertiary alicyclic amines) is 1. The van der Waals surface area contributed by atoms with E-state index in [1.165, 1.54) is 9.80 Å². The lowest BCUT2D eigenvalue weighted by molar-refractivity contribution is -0.145. The SMILES string of the molecule is CC1Oc2ccc(C(=O)CCC(=O)N3CCCC(C(=O)O)C3)cc2N(C)C1=O. The summed E-state index contributed by atoms with van der Waals surface area (Å²) in [6, 6.07) is 4.89. The number of rotatable bonds is 5. The molecule has 150 valence electrons. The van der Waals surface area contributed by atoms with Crippen molar-refractivity contribution in [3.8, 4) is 5.75 Å². The first-order valence-corrected chi connectivity index (χ1v) is 9.40. The zero-order valence-electron chi connectivity index (χ0n) is 16.0. The zero-order chi connectivity index (χ0) is 20.4. The number of aliphatic carboxylic acids is 1. The van der Waals surface area contributed by atoms with Crippen LogP contribution in [0.5, 0.6) is 5.75 Å². The van der Waals surface area contributed by atoms with Gasteiger partial charge in [0.25, 0.3) is 5.91 Å². The quantitative estimate of drug-likeness (QED) is 0.770. The van der Waals surface area contributed by atoms with Gasteiger partial charge in [0.2, 0.25) is 5.91 Å². The summed E-state index contributed by atoms with van der Waals surface area (Å²) in [4.78, 5) is 51.1. The first-order chi connectivity index (χ1) is 13.3. The predicted molar refractivity (Wildman–Crippen MR) is 100 cm³/mol. The summed E-state index contributed by atoms with van der Waals surface area (Å²) in [5.41, 5.74) is 0.937. The molecular weight excluding hydrogens is 364 g/mol. The third kappa shape index (κ3) is 4.00. The molecule has 0 bridgehead atoms. The molecule has 2 atom stereocenters. The molecule has 0 aromatic heterocycles. The van der Waals surface area contributed by atoms with Gasteiger partial charge in [0, 0.05) is 38.5 Å². The van der Waals surface area contributed by atoms with Crippen LogP contribution >= 0.6 is 0 Å². The summed E-state index contributed by atoms with van der Waals surface area (Å²) in [7, 11) is 1.63. The second-order valence-corrected chi connectivity index (χ2v) is 7.28. The Morgan fingerprint density at radius 2 is 2.00 bits per heavy atom. The van der Waals surface area contributed by atoms with Gasteiger partial charge in [0.05, 0.1) is 11.6 Å². The highest BCUT2D eigenvalue weighted by Crippen LogP contribution is 2.34. The minimum absolute atomic E-state index is 0.0286. The average molecular weight is 388 g/mol. The van der Waals surface area contributed by atoms with Crippen LogP contribution in [-0.2, 0) is 14.4 Å². The number of nitrogens with zero attached hydrogens (tertiary/aromatic N) is 2. The maximum atomic E-state index is 12.5. The molecule has 8 heteroatoms. The Balaban J connectivity index is 1.62. The number of carboxylic acid groups (broad SMARTS) is 1. The van der Waals surface area contributed by atoms with Crippen LogP contribution in [0.25, 0.3) is 0 Å². The number of piperidine rings is 1. The van der Waals surface area contributed by atoms with Crippen LogP contribution in [0, 0.1) is 5.92 Å². The molecule has 1 aromatic carbocycles. The van der Waals surface area contributed by atoms with Crippen LogP contribution in [0.4, 0.5) is 5.69 Å². The summed E-state index contributed by atoms with van der Waals surface area (Å²) >= 11 is 0. The van der Waals surface area contributed by atoms with E-state index in [2.05, 4.69) is 0 Å². The van der Waals surface area contributed by atoms with Crippen molar-refractivity contribution in [2.24, 2.45) is 5.92 Å². The molecular formula is C20H24N2O6. The molecule has 2 amide bonds. The van der Waals surface area contributed by atoms with Crippen LogP contribution in [0.3, 0.4) is 0 Å². The minimum atomic E-state index is -0.891. The Morgan fingerprint density at radius 3 is 2.71 bits per heavy atom. The smallest absolute Gasteiger partial charge is 0.308 e. The maximum Gasteiger partial charge on any atom is 0.308 e. The molecule has 1 fully saturated rings. The van der Waals surface area contributed by atoms with Crippen molar-refractivity contribution in [2.45, 2.75) is 38.7 Å². The molecule has 2 unspecified atom stereocenters. The first kappa shape index (κ1) is 19.9. The number of carbonyl (C=O) groups excluding carboxylic acids is 3. The van der Waals surface area contributed by atoms with Crippen molar-refractivity contribution in [2.75, 3.05) is 25.0 Å². The monoisotopic (exact) mass is 388 g/mol. The van der Waals surface area contributed by atoms with Crippen LogP contribution in [0.1, 0.15) is 43.0 Å². The van der Waals surface area contributed by atoms with Crippen LogP contribution < -0.4 is 9.64 Å². The van der Waals surface area contributed by atoms with Crippen LogP contribution in [-0.4, -0.2) is 59.8 Å². The van der Waals surface area contributed by atoms with Gasteiger partial charge in [-0.1, -0.05) is 0 Å². The molecule has 3 rings (SSSR count). The number of anilines is 1. The second-order valence-electron chi connectivity index (χ2n) is 7.28. The van der Waals surface area contributed by atoms with E-state index >= 15 is 0 Å². The second kappa shape index (κ2) is 8.00. The van der Waals surface area contributed by atoms with Crippen molar-refractivity contribution in [3.05, 3.63) is 23.8 Å². The molecule has 1 aromatic rings. The standard InChI is InChI=1S/C20H24N2O6/c1-12-19(25)21(2)15-10-13(5-7-17(15)28-12)16(23)6-8-18(24)22-9-3-4-14(11-22)20(26)27/h5,7,10,12,14H,3-4,6,8-9,11H2,1-2H3,(H,26,27). The van der Waals surface area contributed by atoms with Gasteiger partial charge in [-0.05, 0) is 38.0 Å². The zero-order valence-corrected chi connectivity index (χ0v) is 16.0. The molecule has 1 saturated heterocycles. The number of amides is 2. The highest BCUT2D eigenvalue weighted by atomic mass is 16.5. The first-order valence-electron chi connectivity index (χ1n) is 9.40. The van der Waals surface area contributed by atoms with Crippen molar-refractivity contribution in [1.82, 2.24) is 4.90 Å². The lowest BCUT2D eigenvalue weighted by atomic mass is 9.97. The number of carbonyl (C=O) groups is 4. The third-order valence-corrected chi connectivity index (χ3v) is 5.31. The molecule has 2 heterocycles. The fourth-order valence-electron chi connectivity index (χ4n) is 3.61. The Labute approximate surface area is 163 Å². The average Bonchev–Trinajstić information content (AvgIpc) is 2.70. The molecule has 28 heavy (non-hydrogen) atoms. The van der Waals surface area contributed by atoms with Crippen molar-refractivity contribution in [3.63, 3.8) is 0 Å². The van der Waals surface area contributed by atoms with Gasteiger partial charge in [0.1, 0.15) is 5.75 Å². The van der Waals surface area contributed by atoms with Crippen LogP contribution in [0.15, 0.2) is 18.2 Å². The van der Waals surface area contributed by atoms with E-state index < -0.39 is 18.0 Å². The molecule has 2 aliphatic rings. The largest absolute Gasteiger partial charge is 0.481 e. The van der Waals surface area contributed by atoms with E-state index in [-0.39, 0.29) is 37.0 Å². The van der Waals surface area contributed by atoms with Crippen LogP contribution in [0.2, 0.25) is 0 Å². The minimum Gasteiger partial charge on any atom is -0.481 e. The highest BCUT2D eigenvalue weighted by molar-refractivity contribution is 6.03. The number of ether oxygens (including phenoxy) is 1. The summed E-state index contributed by atoms with van der Waals surface area (Å²) in [5, 5.41) is 9.13. The summed E-state index contributed by atoms with van der Waals surface area (Å²) < 4.78 is 5.54. The Kier molecular flexibility index (Phi) is 5.67. The Bertz CT molecular complexity index is 821. The van der Waals surface area contributed by atoms with Gasteiger partial charge in [-0.3, -0.25) is 19.2 Å². The number of Topliss-reactive ketones (excluding diaryl/α,β-unsaturated/α-hetero) is 1. The molecule has 8 nitrogen and oxygen atoms in total. The molecule has 2 aliphatic heterocycles. The molecule has 0 aliphatic carbocycles. The predicted octanol–water partition coefficient (Wildman–Crippen LogP) is 1.72. The van der Waals surface area contributed by atoms with E-state index in [4.69, 9.17) is 9.84 Å². The molecule has 0 spiro atoms. The summed E-state index contributed by atoms with van der Waals surface area (Å²) in [6.07, 6.45) is 0.710. The number of likely N-dealkylation sites (N-methyl/N-ethyl adjacent to an activating group) is 1. The number of hydrogen-bond donors (Lipinski definition) is 1. The fourth-order valence-corrected chi connectivity index (χ4v) is 3.61. The van der Waals surface area contributed by atoms with E-state index in [0.29, 0.717) is 36.4 Å². The van der Waals surface area contributed by atoms with Crippen molar-refractivity contribution < 1.29 is 29.0 Å². The van der Waals surface area contributed by atoms with E-state index in [1.54, 1.807) is 32.2 Å². The molecule has 0 saturated carbocycles. The van der Waals surface area contributed by atoms with E-state index in [1.807, 2.05) is 0 Å². The number of benzene rings is 1. The topological polar surface area (TPSA) is 104 Å². The number of ketones is 1. The molecule has 0 radical (unpaired) electrons. The number of carboxylic acids is 1. The van der Waals surface area contributed by atoms with Gasteiger partial charge in [-0.15, -0.1) is 0 Å².